The van der Waals surface area contributed by atoms with Crippen LogP contribution in [0.3, 0.4) is 0 Å². The molecule has 3 aromatic rings. The molecule has 2 N–H and O–H groups in total. The topological polar surface area (TPSA) is 105 Å². The number of ether oxygens (including phenoxy) is 1. The molecule has 2 heterocycles. The first-order chi connectivity index (χ1) is 21.0. The first-order valence-electron chi connectivity index (χ1n) is 14.1. The zero-order chi connectivity index (χ0) is 32.0. The largest absolute Gasteiger partial charge is 0.573 e. The lowest BCUT2D eigenvalue weighted by atomic mass is 10.2. The molecule has 236 valence electrons. The van der Waals surface area contributed by atoms with E-state index in [-0.39, 0.29) is 30.2 Å². The van der Waals surface area contributed by atoms with Crippen LogP contribution in [0.15, 0.2) is 81.1 Å². The Labute approximate surface area is 258 Å². The van der Waals surface area contributed by atoms with Gasteiger partial charge in [0.2, 0.25) is 11.8 Å². The lowest BCUT2D eigenvalue weighted by molar-refractivity contribution is -0.274. The van der Waals surface area contributed by atoms with Gasteiger partial charge in [-0.2, -0.15) is 16.4 Å². The molecule has 3 rings (SSSR count). The lowest BCUT2D eigenvalue weighted by Gasteiger charge is -2.16. The van der Waals surface area contributed by atoms with E-state index in [1.165, 1.54) is 35.6 Å². The third kappa shape index (κ3) is 12.5. The Morgan fingerprint density at radius 2 is 1.95 bits per heavy atom. The number of rotatable bonds is 16. The maximum Gasteiger partial charge on any atom is 0.573 e. The fourth-order valence-corrected chi connectivity index (χ4v) is 4.68. The second-order valence-electron chi connectivity index (χ2n) is 9.95. The first kappa shape index (κ1) is 34.1. The second-order valence-corrected chi connectivity index (χ2v) is 10.7. The van der Waals surface area contributed by atoms with Gasteiger partial charge >= 0.3 is 6.36 Å². The Balaban J connectivity index is 1.50. The molecule has 0 unspecified atom stereocenters. The fraction of sp³-hybridized carbons (Fsp3) is 0.355. The van der Waals surface area contributed by atoms with Crippen molar-refractivity contribution in [3.63, 3.8) is 0 Å². The summed E-state index contributed by atoms with van der Waals surface area (Å²) in [6.45, 7) is 4.63. The number of benzene rings is 1. The summed E-state index contributed by atoms with van der Waals surface area (Å²) < 4.78 is 43.0. The summed E-state index contributed by atoms with van der Waals surface area (Å²) >= 11 is 1.52. The van der Waals surface area contributed by atoms with Crippen molar-refractivity contribution < 1.29 is 27.5 Å². The van der Waals surface area contributed by atoms with E-state index in [2.05, 4.69) is 20.5 Å². The molecule has 0 aliphatic carbocycles. The molecule has 0 bridgehead atoms. The number of alkyl halides is 3. The molecule has 0 aliphatic rings. The van der Waals surface area contributed by atoms with Crippen molar-refractivity contribution in [2.75, 3.05) is 11.9 Å². The van der Waals surface area contributed by atoms with Crippen molar-refractivity contribution >= 4 is 35.1 Å². The van der Waals surface area contributed by atoms with Crippen LogP contribution in [0.25, 0.3) is 0 Å². The van der Waals surface area contributed by atoms with Crippen LogP contribution in [0.1, 0.15) is 50.7 Å². The summed E-state index contributed by atoms with van der Waals surface area (Å²) in [7, 11) is 0. The lowest BCUT2D eigenvalue weighted by Crippen LogP contribution is -2.25. The molecule has 2 amide bonds. The summed E-state index contributed by atoms with van der Waals surface area (Å²) in [4.78, 5) is 37.5. The van der Waals surface area contributed by atoms with Crippen LogP contribution in [0, 0.1) is 0 Å². The highest BCUT2D eigenvalue weighted by atomic mass is 32.1. The SMILES string of the molecule is CCC/C=N/N(/C=C(\C)C(=O)NCc1cccc(OC(F)(F)F)c1)CCCCn1ccc(NC(=O)Cc2ccsc2)cc1=O. The number of nitrogens with one attached hydrogen (secondary N) is 2. The molecule has 0 fully saturated rings. The third-order valence-corrected chi connectivity index (χ3v) is 6.93. The Kier molecular flexibility index (Phi) is 13.2. The summed E-state index contributed by atoms with van der Waals surface area (Å²) in [5.74, 6) is -0.939. The number of pyridine rings is 1. The van der Waals surface area contributed by atoms with E-state index in [0.29, 0.717) is 42.8 Å². The number of thiophene rings is 1. The third-order valence-electron chi connectivity index (χ3n) is 6.19. The minimum atomic E-state index is -4.80. The quantitative estimate of drug-likeness (QED) is 0.0864. The molecule has 0 saturated carbocycles. The van der Waals surface area contributed by atoms with Gasteiger partial charge in [0, 0.05) is 55.6 Å². The van der Waals surface area contributed by atoms with Gasteiger partial charge in [0.05, 0.1) is 6.42 Å². The van der Waals surface area contributed by atoms with Gasteiger partial charge in [-0.3, -0.25) is 19.4 Å². The van der Waals surface area contributed by atoms with Crippen molar-refractivity contribution in [3.8, 4) is 5.75 Å². The van der Waals surface area contributed by atoms with Crippen LogP contribution in [0.2, 0.25) is 0 Å². The average molecular weight is 632 g/mol. The summed E-state index contributed by atoms with van der Waals surface area (Å²) in [6.07, 6.45) is 3.49. The minimum absolute atomic E-state index is 0.0178. The van der Waals surface area contributed by atoms with Crippen molar-refractivity contribution in [3.05, 3.63) is 92.7 Å². The van der Waals surface area contributed by atoms with Gasteiger partial charge in [0.25, 0.3) is 5.56 Å². The van der Waals surface area contributed by atoms with Crippen LogP contribution < -0.4 is 20.9 Å². The summed E-state index contributed by atoms with van der Waals surface area (Å²) in [5.41, 5.74) is 1.97. The first-order valence-corrected chi connectivity index (χ1v) is 15.1. The smallest absolute Gasteiger partial charge is 0.406 e. The van der Waals surface area contributed by atoms with Gasteiger partial charge in [0.15, 0.2) is 0 Å². The Bertz CT molecular complexity index is 1490. The number of hydrogen-bond donors (Lipinski definition) is 2. The van der Waals surface area contributed by atoms with E-state index >= 15 is 0 Å². The number of hydrazone groups is 1. The fourth-order valence-electron chi connectivity index (χ4n) is 4.01. The zero-order valence-corrected chi connectivity index (χ0v) is 25.4. The molecule has 0 atom stereocenters. The number of aryl methyl sites for hydroxylation is 1. The Morgan fingerprint density at radius 3 is 2.66 bits per heavy atom. The monoisotopic (exact) mass is 631 g/mol. The number of nitrogens with zero attached hydrogens (tertiary/aromatic N) is 3. The molecule has 0 saturated heterocycles. The van der Waals surface area contributed by atoms with Gasteiger partial charge in [-0.1, -0.05) is 25.5 Å². The van der Waals surface area contributed by atoms with E-state index in [0.717, 1.165) is 18.4 Å². The number of hydrogen-bond acceptors (Lipinski definition) is 7. The minimum Gasteiger partial charge on any atom is -0.406 e. The molecule has 0 radical (unpaired) electrons. The predicted molar refractivity (Wildman–Crippen MR) is 165 cm³/mol. The molecule has 2 aromatic heterocycles. The molecule has 0 spiro atoms. The summed E-state index contributed by atoms with van der Waals surface area (Å²) in [5, 5.41) is 15.4. The number of carbonyl (C=O) groups excluding carboxylic acids is 2. The van der Waals surface area contributed by atoms with Gasteiger partial charge in [-0.05, 0) is 72.3 Å². The van der Waals surface area contributed by atoms with Crippen molar-refractivity contribution in [2.24, 2.45) is 5.10 Å². The van der Waals surface area contributed by atoms with E-state index in [1.54, 1.807) is 47.2 Å². The van der Waals surface area contributed by atoms with Gasteiger partial charge in [-0.25, -0.2) is 0 Å². The second kappa shape index (κ2) is 17.0. The maximum absolute atomic E-state index is 12.7. The average Bonchev–Trinajstić information content (AvgIpc) is 3.47. The van der Waals surface area contributed by atoms with E-state index < -0.39 is 12.3 Å². The van der Waals surface area contributed by atoms with Crippen LogP contribution in [-0.4, -0.2) is 40.5 Å². The highest BCUT2D eigenvalue weighted by Gasteiger charge is 2.31. The summed E-state index contributed by atoms with van der Waals surface area (Å²) in [6, 6.07) is 10.4. The predicted octanol–water partition coefficient (Wildman–Crippen LogP) is 6.08. The van der Waals surface area contributed by atoms with Gasteiger partial charge < -0.3 is 19.9 Å². The molecule has 0 aliphatic heterocycles. The number of halogens is 3. The van der Waals surface area contributed by atoms with Crippen LogP contribution >= 0.6 is 11.3 Å². The van der Waals surface area contributed by atoms with Crippen molar-refractivity contribution in [1.82, 2.24) is 14.9 Å². The van der Waals surface area contributed by atoms with Gasteiger partial charge in [0.1, 0.15) is 5.75 Å². The molecule has 1 aromatic carbocycles. The van der Waals surface area contributed by atoms with Crippen LogP contribution in [0.5, 0.6) is 5.75 Å². The molecule has 9 nitrogen and oxygen atoms in total. The number of carbonyl (C=O) groups is 2. The van der Waals surface area contributed by atoms with E-state index in [9.17, 15) is 27.6 Å². The van der Waals surface area contributed by atoms with E-state index in [4.69, 9.17) is 0 Å². The van der Waals surface area contributed by atoms with Gasteiger partial charge in [-0.15, -0.1) is 13.2 Å². The highest BCUT2D eigenvalue weighted by Crippen LogP contribution is 2.23. The van der Waals surface area contributed by atoms with Crippen LogP contribution in [-0.2, 0) is 29.1 Å². The Morgan fingerprint density at radius 1 is 1.14 bits per heavy atom. The number of amides is 2. The normalized spacial score (nSPS) is 11.9. The van der Waals surface area contributed by atoms with Crippen molar-refractivity contribution in [2.45, 2.75) is 65.4 Å². The standard InChI is InChI=1S/C31H36F3N5O4S/c1-3-4-12-36-39(21-23(2)30(42)35-20-24-8-7-9-27(17-24)43-31(32,33)34)14-6-5-13-38-15-10-26(19-29(38)41)37-28(40)18-25-11-16-44-22-25/h7-12,15-17,19,21-22H,3-6,13-14,18,20H2,1-2H3,(H,35,42)(H,37,40)/b23-21+,36-12+. The molecular weight excluding hydrogens is 595 g/mol. The molecule has 13 heteroatoms. The number of aromatic nitrogens is 1. The zero-order valence-electron chi connectivity index (χ0n) is 24.6. The maximum atomic E-state index is 12.7. The van der Waals surface area contributed by atoms with Crippen molar-refractivity contribution in [1.29, 1.82) is 0 Å². The number of anilines is 1. The Hall–Kier alpha value is -4.39. The van der Waals surface area contributed by atoms with E-state index in [1.807, 2.05) is 23.8 Å². The molecule has 44 heavy (non-hydrogen) atoms. The highest BCUT2D eigenvalue weighted by molar-refractivity contribution is 7.08. The van der Waals surface area contributed by atoms with Crippen LogP contribution in [0.4, 0.5) is 18.9 Å². The molecular formula is C31H36F3N5O4S. The number of unbranched alkanes of at least 4 members (excludes halogenated alkanes) is 2.